The van der Waals surface area contributed by atoms with E-state index in [1.165, 1.54) is 6.07 Å². The second-order valence-electron chi connectivity index (χ2n) is 8.22. The average Bonchev–Trinajstić information content (AvgIpc) is 3.05. The van der Waals surface area contributed by atoms with Gasteiger partial charge in [-0.05, 0) is 51.1 Å². The summed E-state index contributed by atoms with van der Waals surface area (Å²) in [5.41, 5.74) is 8.26. The van der Waals surface area contributed by atoms with Gasteiger partial charge in [0.05, 0.1) is 39.9 Å². The van der Waals surface area contributed by atoms with Crippen molar-refractivity contribution in [2.45, 2.75) is 39.5 Å². The van der Waals surface area contributed by atoms with Gasteiger partial charge in [-0.3, -0.25) is 14.5 Å². The van der Waals surface area contributed by atoms with Crippen LogP contribution in [0.2, 0.25) is 0 Å². The lowest BCUT2D eigenvalue weighted by Crippen LogP contribution is -2.36. The zero-order valence-corrected chi connectivity index (χ0v) is 18.6. The van der Waals surface area contributed by atoms with Crippen molar-refractivity contribution in [2.24, 2.45) is 7.05 Å². The fourth-order valence-electron chi connectivity index (χ4n) is 3.93. The molecule has 0 saturated carbocycles. The minimum absolute atomic E-state index is 0.0763. The van der Waals surface area contributed by atoms with E-state index in [-0.39, 0.29) is 18.5 Å². The topological polar surface area (TPSA) is 89.9 Å². The normalized spacial score (nSPS) is 12.1. The predicted octanol–water partition coefficient (Wildman–Crippen LogP) is 4.48. The van der Waals surface area contributed by atoms with E-state index < -0.39 is 11.7 Å². The number of alkyl halides is 3. The first-order chi connectivity index (χ1) is 15.5. The molecule has 0 unspecified atom stereocenters. The maximum absolute atomic E-state index is 13.4. The number of nitrogens with two attached hydrogens (primary N) is 1. The molecular formula is C23H23F3N6O. The smallest absolute Gasteiger partial charge is 0.383 e. The summed E-state index contributed by atoms with van der Waals surface area (Å²) in [5.74, 6) is 0.108. The zero-order valence-electron chi connectivity index (χ0n) is 18.6. The van der Waals surface area contributed by atoms with Gasteiger partial charge in [-0.25, -0.2) is 4.98 Å². The summed E-state index contributed by atoms with van der Waals surface area (Å²) in [7, 11) is 1.80. The summed E-state index contributed by atoms with van der Waals surface area (Å²) in [6, 6.07) is 7.21. The van der Waals surface area contributed by atoms with Gasteiger partial charge < -0.3 is 10.6 Å². The average molecular weight is 456 g/mol. The molecule has 0 bridgehead atoms. The van der Waals surface area contributed by atoms with Crippen LogP contribution in [-0.4, -0.2) is 36.6 Å². The molecule has 2 N–H and O–H groups in total. The lowest BCUT2D eigenvalue weighted by atomic mass is 10.1. The second kappa shape index (κ2) is 8.02. The number of carbonyl (C=O) groups is 1. The van der Waals surface area contributed by atoms with Gasteiger partial charge >= 0.3 is 6.18 Å². The van der Waals surface area contributed by atoms with Crippen LogP contribution in [0.3, 0.4) is 0 Å². The lowest BCUT2D eigenvalue weighted by Gasteiger charge is -2.27. The first-order valence-electron chi connectivity index (χ1n) is 10.3. The number of halogens is 3. The number of nitrogen functional groups attached to an aromatic ring is 1. The Morgan fingerprint density at radius 2 is 1.94 bits per heavy atom. The van der Waals surface area contributed by atoms with Crippen LogP contribution < -0.4 is 5.73 Å². The predicted molar refractivity (Wildman–Crippen MR) is 119 cm³/mol. The van der Waals surface area contributed by atoms with E-state index in [4.69, 9.17) is 5.73 Å². The Bertz CT molecular complexity index is 1360. The third-order valence-corrected chi connectivity index (χ3v) is 5.59. The van der Waals surface area contributed by atoms with E-state index in [1.807, 2.05) is 20.8 Å². The fraction of sp³-hybridized carbons (Fsp3) is 0.304. The van der Waals surface area contributed by atoms with Gasteiger partial charge in [0.15, 0.2) is 0 Å². The van der Waals surface area contributed by atoms with E-state index in [9.17, 15) is 18.0 Å². The van der Waals surface area contributed by atoms with Crippen molar-refractivity contribution in [3.8, 4) is 0 Å². The minimum Gasteiger partial charge on any atom is -0.383 e. The quantitative estimate of drug-likeness (QED) is 0.489. The van der Waals surface area contributed by atoms with Crippen molar-refractivity contribution in [3.63, 3.8) is 0 Å². The van der Waals surface area contributed by atoms with Crippen molar-refractivity contribution in [3.05, 3.63) is 59.0 Å². The lowest BCUT2D eigenvalue weighted by molar-refractivity contribution is -0.137. The molecule has 0 aliphatic heterocycles. The van der Waals surface area contributed by atoms with Crippen LogP contribution in [0.4, 0.5) is 19.0 Å². The third-order valence-electron chi connectivity index (χ3n) is 5.59. The zero-order chi connectivity index (χ0) is 24.1. The number of nitrogens with zero attached hydrogens (tertiary/aromatic N) is 5. The van der Waals surface area contributed by atoms with Crippen LogP contribution in [0.1, 0.15) is 41.2 Å². The molecule has 0 aliphatic carbocycles. The Kier molecular flexibility index (Phi) is 5.47. The van der Waals surface area contributed by atoms with Crippen molar-refractivity contribution in [2.75, 3.05) is 5.73 Å². The Morgan fingerprint density at radius 1 is 1.21 bits per heavy atom. The number of carbonyl (C=O) groups excluding carboxylic acids is 1. The van der Waals surface area contributed by atoms with Crippen molar-refractivity contribution >= 4 is 33.5 Å². The number of hydrogen-bond acceptors (Lipinski definition) is 5. The molecule has 0 aliphatic rings. The Hall–Kier alpha value is -3.69. The van der Waals surface area contributed by atoms with E-state index in [1.54, 1.807) is 34.8 Å². The van der Waals surface area contributed by atoms with E-state index in [0.717, 1.165) is 34.2 Å². The number of amides is 1. The molecule has 10 heteroatoms. The molecule has 0 atom stereocenters. The van der Waals surface area contributed by atoms with Crippen molar-refractivity contribution < 1.29 is 18.0 Å². The molecule has 0 radical (unpaired) electrons. The number of anilines is 1. The first kappa shape index (κ1) is 22.5. The Labute approximate surface area is 188 Å². The molecule has 3 aromatic heterocycles. The van der Waals surface area contributed by atoms with Crippen LogP contribution in [0.25, 0.3) is 21.8 Å². The summed E-state index contributed by atoms with van der Waals surface area (Å²) in [6.07, 6.45) is -3.68. The van der Waals surface area contributed by atoms with Gasteiger partial charge in [0.2, 0.25) is 0 Å². The van der Waals surface area contributed by atoms with Crippen LogP contribution in [0.15, 0.2) is 36.5 Å². The number of pyridine rings is 2. The Balaban J connectivity index is 1.72. The molecule has 0 saturated heterocycles. The number of aryl methyl sites for hydroxylation is 2. The second-order valence-corrected chi connectivity index (χ2v) is 8.22. The largest absolute Gasteiger partial charge is 0.417 e. The fourth-order valence-corrected chi connectivity index (χ4v) is 3.93. The Morgan fingerprint density at radius 3 is 2.55 bits per heavy atom. The van der Waals surface area contributed by atoms with Gasteiger partial charge in [-0.15, -0.1) is 0 Å². The highest BCUT2D eigenvalue weighted by molar-refractivity contribution is 6.11. The summed E-state index contributed by atoms with van der Waals surface area (Å²) < 4.78 is 40.2. The third kappa shape index (κ3) is 4.08. The molecule has 0 fully saturated rings. The van der Waals surface area contributed by atoms with Gasteiger partial charge in [-0.1, -0.05) is 0 Å². The monoisotopic (exact) mass is 456 g/mol. The summed E-state index contributed by atoms with van der Waals surface area (Å²) in [6.45, 7) is 5.60. The molecular weight excluding hydrogens is 433 g/mol. The standard InChI is InChI=1S/C23H23F3N6O/c1-12(2)32(11-16-7-6-15(10-28-16)23(24,25)26)22(33)14-5-8-18-17(9-14)20-19(21(27)29-18)13(3)30-31(20)4/h5-10,12H,11H2,1-4H3,(H2,27,29). The molecule has 0 spiro atoms. The molecule has 7 nitrogen and oxygen atoms in total. The summed E-state index contributed by atoms with van der Waals surface area (Å²) in [5, 5.41) is 5.91. The highest BCUT2D eigenvalue weighted by Gasteiger charge is 2.31. The van der Waals surface area contributed by atoms with E-state index >= 15 is 0 Å². The first-order valence-corrected chi connectivity index (χ1v) is 10.3. The molecule has 4 aromatic rings. The maximum Gasteiger partial charge on any atom is 0.417 e. The molecule has 33 heavy (non-hydrogen) atoms. The summed E-state index contributed by atoms with van der Waals surface area (Å²) in [4.78, 5) is 23.3. The van der Waals surface area contributed by atoms with Crippen LogP contribution in [0.5, 0.6) is 0 Å². The number of aromatic nitrogens is 4. The number of hydrogen-bond donors (Lipinski definition) is 1. The van der Waals surface area contributed by atoms with Crippen LogP contribution in [-0.2, 0) is 19.8 Å². The van der Waals surface area contributed by atoms with Gasteiger partial charge in [0.1, 0.15) is 5.82 Å². The van der Waals surface area contributed by atoms with Crippen LogP contribution in [0, 0.1) is 6.92 Å². The highest BCUT2D eigenvalue weighted by atomic mass is 19.4. The van der Waals surface area contributed by atoms with E-state index in [2.05, 4.69) is 15.1 Å². The molecule has 1 amide bonds. The van der Waals surface area contributed by atoms with Gasteiger partial charge in [0, 0.05) is 30.2 Å². The van der Waals surface area contributed by atoms with Crippen molar-refractivity contribution in [1.29, 1.82) is 0 Å². The molecule has 172 valence electrons. The SMILES string of the molecule is Cc1nn(C)c2c1c(N)nc1ccc(C(=O)N(Cc3ccc(C(F)(F)F)cn3)C(C)C)cc12. The van der Waals surface area contributed by atoms with Crippen LogP contribution >= 0.6 is 0 Å². The van der Waals surface area contributed by atoms with Gasteiger partial charge in [-0.2, -0.15) is 18.3 Å². The number of fused-ring (bicyclic) bond motifs is 3. The maximum atomic E-state index is 13.4. The summed E-state index contributed by atoms with van der Waals surface area (Å²) >= 11 is 0. The highest BCUT2D eigenvalue weighted by Crippen LogP contribution is 2.31. The van der Waals surface area contributed by atoms with E-state index in [0.29, 0.717) is 22.6 Å². The van der Waals surface area contributed by atoms with Gasteiger partial charge in [0.25, 0.3) is 5.91 Å². The van der Waals surface area contributed by atoms with Crippen molar-refractivity contribution in [1.82, 2.24) is 24.6 Å². The number of benzene rings is 1. The minimum atomic E-state index is -4.46. The number of rotatable bonds is 4. The molecule has 4 rings (SSSR count). The molecule has 3 heterocycles. The molecule has 1 aromatic carbocycles.